The fourth-order valence-corrected chi connectivity index (χ4v) is 3.11. The third kappa shape index (κ3) is 2.74. The highest BCUT2D eigenvalue weighted by Gasteiger charge is 2.23. The lowest BCUT2D eigenvalue weighted by molar-refractivity contribution is 0.434. The molecule has 4 heteroatoms. The average molecular weight is 344 g/mol. The Morgan fingerprint density at radius 1 is 1.19 bits per heavy atom. The molecule has 2 atom stereocenters. The van der Waals surface area contributed by atoms with Crippen LogP contribution in [0.15, 0.2) is 59.2 Å². The van der Waals surface area contributed by atoms with Crippen LogP contribution >= 0.6 is 15.9 Å². The first-order valence-corrected chi connectivity index (χ1v) is 7.93. The summed E-state index contributed by atoms with van der Waals surface area (Å²) in [6.45, 7) is 2.11. The largest absolute Gasteiger partial charge is 0.326 e. The number of fused-ring (bicyclic) bond motifs is 1. The van der Waals surface area contributed by atoms with Crippen LogP contribution < -0.4 is 5.73 Å². The summed E-state index contributed by atoms with van der Waals surface area (Å²) >= 11 is 3.54. The van der Waals surface area contributed by atoms with Crippen molar-refractivity contribution < 1.29 is 0 Å². The standard InChI is InChI=1S/C17H18BrN3/c1-2-15(19)17(12-7-5-8-14(18)10-12)21-16-9-4-3-6-13(16)11-20-21/h3-11,15,17H,2,19H2,1H3. The lowest BCUT2D eigenvalue weighted by Crippen LogP contribution is -2.33. The minimum absolute atomic E-state index is 0.0163. The number of para-hydroxylation sites is 1. The quantitative estimate of drug-likeness (QED) is 0.774. The van der Waals surface area contributed by atoms with Crippen molar-refractivity contribution in [1.82, 2.24) is 9.78 Å². The molecule has 3 rings (SSSR count). The first-order valence-electron chi connectivity index (χ1n) is 7.14. The first-order chi connectivity index (χ1) is 10.2. The van der Waals surface area contributed by atoms with Gasteiger partial charge < -0.3 is 5.73 Å². The van der Waals surface area contributed by atoms with Gasteiger partial charge in [-0.05, 0) is 30.2 Å². The van der Waals surface area contributed by atoms with E-state index in [9.17, 15) is 0 Å². The van der Waals surface area contributed by atoms with Crippen LogP contribution in [0, 0.1) is 0 Å². The van der Waals surface area contributed by atoms with Gasteiger partial charge >= 0.3 is 0 Å². The van der Waals surface area contributed by atoms with Crippen molar-refractivity contribution in [2.24, 2.45) is 5.73 Å². The van der Waals surface area contributed by atoms with Crippen LogP contribution in [0.3, 0.4) is 0 Å². The third-order valence-electron chi connectivity index (χ3n) is 3.84. The van der Waals surface area contributed by atoms with Gasteiger partial charge in [0.2, 0.25) is 0 Å². The molecule has 0 aliphatic heterocycles. The predicted octanol–water partition coefficient (Wildman–Crippen LogP) is 4.13. The van der Waals surface area contributed by atoms with E-state index in [-0.39, 0.29) is 12.1 Å². The molecule has 3 aromatic rings. The molecular formula is C17H18BrN3. The summed E-state index contributed by atoms with van der Waals surface area (Å²) in [6, 6.07) is 16.6. The van der Waals surface area contributed by atoms with Crippen LogP contribution in [-0.4, -0.2) is 15.8 Å². The van der Waals surface area contributed by atoms with E-state index < -0.39 is 0 Å². The summed E-state index contributed by atoms with van der Waals surface area (Å²) in [5, 5.41) is 5.73. The number of hydrogen-bond acceptors (Lipinski definition) is 2. The highest BCUT2D eigenvalue weighted by atomic mass is 79.9. The topological polar surface area (TPSA) is 43.8 Å². The molecule has 0 saturated carbocycles. The zero-order chi connectivity index (χ0) is 14.8. The van der Waals surface area contributed by atoms with E-state index in [0.29, 0.717) is 0 Å². The summed E-state index contributed by atoms with van der Waals surface area (Å²) in [6.07, 6.45) is 2.80. The Morgan fingerprint density at radius 2 is 2.00 bits per heavy atom. The van der Waals surface area contributed by atoms with Crippen LogP contribution in [0.5, 0.6) is 0 Å². The second-order valence-corrected chi connectivity index (χ2v) is 6.14. The third-order valence-corrected chi connectivity index (χ3v) is 4.33. The minimum atomic E-state index is 0.0163. The molecule has 2 aromatic carbocycles. The van der Waals surface area contributed by atoms with Gasteiger partial charge in [0.25, 0.3) is 0 Å². The molecule has 3 nitrogen and oxygen atoms in total. The van der Waals surface area contributed by atoms with Crippen molar-refractivity contribution in [3.63, 3.8) is 0 Å². The molecule has 0 fully saturated rings. The Hall–Kier alpha value is -1.65. The number of benzene rings is 2. The summed E-state index contributed by atoms with van der Waals surface area (Å²) in [4.78, 5) is 0. The highest BCUT2D eigenvalue weighted by Crippen LogP contribution is 2.28. The molecule has 2 N–H and O–H groups in total. The molecular weight excluding hydrogens is 326 g/mol. The number of aromatic nitrogens is 2. The average Bonchev–Trinajstić information content (AvgIpc) is 2.91. The molecule has 108 valence electrons. The SMILES string of the molecule is CCC(N)C(c1cccc(Br)c1)n1ncc2ccccc21. The van der Waals surface area contributed by atoms with Gasteiger partial charge in [0, 0.05) is 15.9 Å². The lowest BCUT2D eigenvalue weighted by atomic mass is 9.98. The maximum absolute atomic E-state index is 6.41. The maximum Gasteiger partial charge on any atom is 0.0926 e. The molecule has 0 spiro atoms. The normalized spacial score (nSPS) is 14.2. The van der Waals surface area contributed by atoms with Crippen LogP contribution in [0.25, 0.3) is 10.9 Å². The van der Waals surface area contributed by atoms with E-state index in [1.807, 2.05) is 35.1 Å². The fraction of sp³-hybridized carbons (Fsp3) is 0.235. The van der Waals surface area contributed by atoms with Crippen LogP contribution in [0.2, 0.25) is 0 Å². The number of nitrogens with two attached hydrogens (primary N) is 1. The van der Waals surface area contributed by atoms with E-state index in [0.717, 1.165) is 21.8 Å². The molecule has 1 aromatic heterocycles. The molecule has 0 aliphatic carbocycles. The van der Waals surface area contributed by atoms with E-state index in [1.165, 1.54) is 5.56 Å². The lowest BCUT2D eigenvalue weighted by Gasteiger charge is -2.25. The molecule has 0 aliphatic rings. The maximum atomic E-state index is 6.41. The summed E-state index contributed by atoms with van der Waals surface area (Å²) in [5.41, 5.74) is 8.70. The second kappa shape index (κ2) is 6.00. The van der Waals surface area contributed by atoms with Crippen LogP contribution in [0.1, 0.15) is 24.9 Å². The Balaban J connectivity index is 2.16. The Kier molecular flexibility index (Phi) is 4.08. The van der Waals surface area contributed by atoms with Gasteiger partial charge in [-0.2, -0.15) is 5.10 Å². The van der Waals surface area contributed by atoms with E-state index in [4.69, 9.17) is 5.73 Å². The fourth-order valence-electron chi connectivity index (χ4n) is 2.70. The Labute approximate surface area is 132 Å². The molecule has 0 radical (unpaired) electrons. The van der Waals surface area contributed by atoms with E-state index >= 15 is 0 Å². The molecule has 2 unspecified atom stereocenters. The highest BCUT2D eigenvalue weighted by molar-refractivity contribution is 9.10. The first kappa shape index (κ1) is 14.3. The number of hydrogen-bond donors (Lipinski definition) is 1. The summed E-state index contributed by atoms with van der Waals surface area (Å²) < 4.78 is 3.11. The minimum Gasteiger partial charge on any atom is -0.326 e. The number of halogens is 1. The van der Waals surface area contributed by atoms with Gasteiger partial charge in [0.05, 0.1) is 17.8 Å². The van der Waals surface area contributed by atoms with Crippen molar-refractivity contribution >= 4 is 26.8 Å². The monoisotopic (exact) mass is 343 g/mol. The smallest absolute Gasteiger partial charge is 0.0926 e. The molecule has 21 heavy (non-hydrogen) atoms. The summed E-state index contributed by atoms with van der Waals surface area (Å²) in [7, 11) is 0. The van der Waals surface area contributed by atoms with Gasteiger partial charge in [0.15, 0.2) is 0 Å². The van der Waals surface area contributed by atoms with Crippen molar-refractivity contribution in [3.8, 4) is 0 Å². The number of nitrogens with zero attached hydrogens (tertiary/aromatic N) is 2. The second-order valence-electron chi connectivity index (χ2n) is 5.22. The summed E-state index contributed by atoms with van der Waals surface area (Å²) in [5.74, 6) is 0. The van der Waals surface area contributed by atoms with E-state index in [2.05, 4.69) is 52.2 Å². The predicted molar refractivity (Wildman–Crippen MR) is 90.3 cm³/mol. The van der Waals surface area contributed by atoms with Gasteiger partial charge in [-0.15, -0.1) is 0 Å². The van der Waals surface area contributed by atoms with Crippen molar-refractivity contribution in [2.45, 2.75) is 25.4 Å². The molecule has 0 saturated heterocycles. The van der Waals surface area contributed by atoms with Gasteiger partial charge in [0.1, 0.15) is 0 Å². The molecule has 0 amide bonds. The van der Waals surface area contributed by atoms with Crippen molar-refractivity contribution in [3.05, 3.63) is 64.8 Å². The van der Waals surface area contributed by atoms with Gasteiger partial charge in [-0.25, -0.2) is 0 Å². The van der Waals surface area contributed by atoms with Crippen molar-refractivity contribution in [1.29, 1.82) is 0 Å². The van der Waals surface area contributed by atoms with Gasteiger partial charge in [-0.1, -0.05) is 53.2 Å². The Morgan fingerprint density at radius 3 is 2.76 bits per heavy atom. The zero-order valence-corrected chi connectivity index (χ0v) is 13.5. The van der Waals surface area contributed by atoms with Crippen LogP contribution in [-0.2, 0) is 0 Å². The van der Waals surface area contributed by atoms with Gasteiger partial charge in [-0.3, -0.25) is 4.68 Å². The zero-order valence-electron chi connectivity index (χ0n) is 11.9. The number of rotatable bonds is 4. The van der Waals surface area contributed by atoms with E-state index in [1.54, 1.807) is 0 Å². The molecule has 1 heterocycles. The Bertz CT molecular complexity index is 750. The molecule has 0 bridgehead atoms. The van der Waals surface area contributed by atoms with Crippen molar-refractivity contribution in [2.75, 3.05) is 0 Å². The van der Waals surface area contributed by atoms with Crippen LogP contribution in [0.4, 0.5) is 0 Å².